The van der Waals surface area contributed by atoms with Crippen molar-refractivity contribution in [3.05, 3.63) is 34.4 Å². The normalized spacial score (nSPS) is 26.7. The van der Waals surface area contributed by atoms with Gasteiger partial charge in [-0.05, 0) is 62.5 Å². The van der Waals surface area contributed by atoms with Gasteiger partial charge in [-0.2, -0.15) is 8.42 Å². The Morgan fingerprint density at radius 3 is 2.50 bits per heavy atom. The highest BCUT2D eigenvalue weighted by Crippen LogP contribution is 2.43. The molecule has 0 N–H and O–H groups in total. The first-order valence-corrected chi connectivity index (χ1v) is 12.0. The smallest absolute Gasteiger partial charge is 0.328 e. The summed E-state index contributed by atoms with van der Waals surface area (Å²) in [5, 5.41) is 11.0. The summed E-state index contributed by atoms with van der Waals surface area (Å²) < 4.78 is 32.9. The minimum atomic E-state index is -3.47. The molecule has 1 unspecified atom stereocenters. The van der Waals surface area contributed by atoms with Crippen LogP contribution in [0.2, 0.25) is 0 Å². The van der Waals surface area contributed by atoms with Gasteiger partial charge in [0, 0.05) is 24.4 Å². The number of rotatable bonds is 7. The fourth-order valence-electron chi connectivity index (χ4n) is 4.63. The molecule has 0 amide bonds. The zero-order valence-electron chi connectivity index (χ0n) is 17.2. The number of esters is 1. The van der Waals surface area contributed by atoms with E-state index in [1.165, 1.54) is 12.1 Å². The zero-order chi connectivity index (χ0) is 21.9. The van der Waals surface area contributed by atoms with Gasteiger partial charge >= 0.3 is 5.97 Å². The molecule has 1 saturated carbocycles. The van der Waals surface area contributed by atoms with Crippen LogP contribution >= 0.6 is 0 Å². The van der Waals surface area contributed by atoms with E-state index in [0.29, 0.717) is 18.9 Å². The second-order valence-corrected chi connectivity index (χ2v) is 9.76. The van der Waals surface area contributed by atoms with E-state index in [0.717, 1.165) is 31.2 Å². The summed E-state index contributed by atoms with van der Waals surface area (Å²) in [6, 6.07) is 5.78. The fraction of sp³-hybridized carbons (Fsp3) is 0.650. The molecule has 0 aromatic heterocycles. The molecule has 1 aromatic rings. The van der Waals surface area contributed by atoms with E-state index < -0.39 is 21.1 Å². The van der Waals surface area contributed by atoms with Gasteiger partial charge in [0.1, 0.15) is 6.04 Å². The van der Waals surface area contributed by atoms with Gasteiger partial charge in [-0.1, -0.05) is 0 Å². The Hall–Kier alpha value is -2.20. The summed E-state index contributed by atoms with van der Waals surface area (Å²) in [4.78, 5) is 25.2. The van der Waals surface area contributed by atoms with Gasteiger partial charge in [-0.25, -0.2) is 4.79 Å². The number of nitro benzene ring substituents is 1. The van der Waals surface area contributed by atoms with E-state index in [1.54, 1.807) is 19.1 Å². The molecule has 0 radical (unpaired) electrons. The number of nitro groups is 1. The third-order valence-electron chi connectivity index (χ3n) is 6.05. The molecule has 0 spiro atoms. The van der Waals surface area contributed by atoms with Crippen LogP contribution in [-0.4, -0.2) is 51.4 Å². The van der Waals surface area contributed by atoms with E-state index >= 15 is 0 Å². The summed E-state index contributed by atoms with van der Waals surface area (Å²) in [5.74, 6) is 0.481. The number of nitrogens with zero attached hydrogens (tertiary/aromatic N) is 2. The van der Waals surface area contributed by atoms with Crippen LogP contribution in [0.25, 0.3) is 0 Å². The van der Waals surface area contributed by atoms with Crippen molar-refractivity contribution in [2.24, 2.45) is 17.8 Å². The first-order chi connectivity index (χ1) is 14.2. The number of anilines is 1. The molecule has 1 saturated heterocycles. The first kappa shape index (κ1) is 22.5. The molecule has 30 heavy (non-hydrogen) atoms. The Kier molecular flexibility index (Phi) is 6.97. The van der Waals surface area contributed by atoms with Gasteiger partial charge in [0.15, 0.2) is 0 Å². The lowest BCUT2D eigenvalue weighted by atomic mass is 9.69. The zero-order valence-corrected chi connectivity index (χ0v) is 18.0. The van der Waals surface area contributed by atoms with Gasteiger partial charge in [0.2, 0.25) is 0 Å². The number of hydrogen-bond donors (Lipinski definition) is 0. The molecule has 9 nitrogen and oxygen atoms in total. The average Bonchev–Trinajstić information content (AvgIpc) is 2.71. The molecule has 1 heterocycles. The van der Waals surface area contributed by atoms with Crippen molar-refractivity contribution in [2.45, 2.75) is 38.6 Å². The lowest BCUT2D eigenvalue weighted by Gasteiger charge is -2.47. The van der Waals surface area contributed by atoms with Gasteiger partial charge < -0.3 is 9.64 Å². The minimum absolute atomic E-state index is 0.00713. The molecule has 10 heteroatoms. The number of piperidine rings is 1. The van der Waals surface area contributed by atoms with Gasteiger partial charge in [0.05, 0.1) is 24.4 Å². The Morgan fingerprint density at radius 1 is 1.20 bits per heavy atom. The van der Waals surface area contributed by atoms with E-state index in [4.69, 9.17) is 8.92 Å². The van der Waals surface area contributed by atoms with Gasteiger partial charge in [-0.15, -0.1) is 0 Å². The molecular formula is C20H28N2O7S. The summed E-state index contributed by atoms with van der Waals surface area (Å²) in [6.45, 7) is 2.88. The van der Waals surface area contributed by atoms with Crippen LogP contribution in [0.5, 0.6) is 0 Å². The molecule has 1 aromatic carbocycles. The highest BCUT2D eigenvalue weighted by atomic mass is 32.2. The van der Waals surface area contributed by atoms with Crippen LogP contribution in [0.15, 0.2) is 24.3 Å². The maximum absolute atomic E-state index is 12.7. The number of non-ortho nitro benzene ring substituents is 1. The van der Waals surface area contributed by atoms with E-state index in [1.807, 2.05) is 4.90 Å². The highest BCUT2D eigenvalue weighted by molar-refractivity contribution is 7.85. The standard InChI is InChI=1S/C20H28N2O7S/c1-3-28-20(23)19-11-16-10-14(13-29-30(2,26)27)4-5-15(16)12-21(19)17-6-8-18(9-7-17)22(24)25/h6-9,14-16,19H,3-5,10-13H2,1-2H3/t14-,15-,16+,19?/m0/s1. The van der Waals surface area contributed by atoms with E-state index in [9.17, 15) is 23.3 Å². The molecular weight excluding hydrogens is 412 g/mol. The first-order valence-electron chi connectivity index (χ1n) is 10.2. The third kappa shape index (κ3) is 5.48. The largest absolute Gasteiger partial charge is 0.464 e. The molecule has 1 aliphatic heterocycles. The Labute approximate surface area is 176 Å². The third-order valence-corrected chi connectivity index (χ3v) is 6.61. The Bertz CT molecular complexity index is 872. The van der Waals surface area contributed by atoms with Crippen LogP contribution in [0, 0.1) is 27.9 Å². The predicted molar refractivity (Wildman–Crippen MR) is 111 cm³/mol. The van der Waals surface area contributed by atoms with Crippen LogP contribution in [0.4, 0.5) is 11.4 Å². The minimum Gasteiger partial charge on any atom is -0.464 e. The Balaban J connectivity index is 1.76. The SMILES string of the molecule is CCOC(=O)C1C[C@H]2C[C@@H](COS(C)(=O)=O)CC[C@H]2CN1c1ccc([N+](=O)[O-])cc1. The second kappa shape index (κ2) is 9.30. The number of fused-ring (bicyclic) bond motifs is 1. The number of carbonyl (C=O) groups excluding carboxylic acids is 1. The van der Waals surface area contributed by atoms with Crippen molar-refractivity contribution in [1.29, 1.82) is 0 Å². The predicted octanol–water partition coefficient (Wildman–Crippen LogP) is 2.75. The maximum Gasteiger partial charge on any atom is 0.328 e. The topological polar surface area (TPSA) is 116 Å². The second-order valence-electron chi connectivity index (χ2n) is 8.12. The number of carbonyl (C=O) groups is 1. The average molecular weight is 441 g/mol. The van der Waals surface area contributed by atoms with Crippen LogP contribution < -0.4 is 4.90 Å². The van der Waals surface area contributed by atoms with Gasteiger partial charge in [0.25, 0.3) is 15.8 Å². The van der Waals surface area contributed by atoms with Gasteiger partial charge in [-0.3, -0.25) is 14.3 Å². The summed E-state index contributed by atoms with van der Waals surface area (Å²) in [6.07, 6.45) is 4.26. The lowest BCUT2D eigenvalue weighted by molar-refractivity contribution is -0.384. The molecule has 2 fully saturated rings. The molecule has 3 rings (SSSR count). The molecule has 0 bridgehead atoms. The lowest BCUT2D eigenvalue weighted by Crippen LogP contribution is -2.53. The summed E-state index contributed by atoms with van der Waals surface area (Å²) >= 11 is 0. The Morgan fingerprint density at radius 2 is 1.90 bits per heavy atom. The van der Waals surface area contributed by atoms with Crippen molar-refractivity contribution < 1.29 is 27.1 Å². The van der Waals surface area contributed by atoms with E-state index in [-0.39, 0.29) is 36.7 Å². The van der Waals surface area contributed by atoms with Crippen molar-refractivity contribution in [1.82, 2.24) is 0 Å². The van der Waals surface area contributed by atoms with Crippen molar-refractivity contribution in [2.75, 3.05) is 30.9 Å². The summed E-state index contributed by atoms with van der Waals surface area (Å²) in [5.41, 5.74) is 0.771. The van der Waals surface area contributed by atoms with Crippen LogP contribution in [-0.2, 0) is 23.8 Å². The fourth-order valence-corrected chi connectivity index (χ4v) is 5.07. The summed E-state index contributed by atoms with van der Waals surface area (Å²) in [7, 11) is -3.47. The molecule has 166 valence electrons. The maximum atomic E-state index is 12.7. The number of benzene rings is 1. The van der Waals surface area contributed by atoms with Crippen molar-refractivity contribution in [3.8, 4) is 0 Å². The van der Waals surface area contributed by atoms with Crippen molar-refractivity contribution in [3.63, 3.8) is 0 Å². The monoisotopic (exact) mass is 440 g/mol. The number of ether oxygens (including phenoxy) is 1. The molecule has 2 aliphatic rings. The van der Waals surface area contributed by atoms with E-state index in [2.05, 4.69) is 0 Å². The molecule has 1 aliphatic carbocycles. The molecule has 4 atom stereocenters. The highest BCUT2D eigenvalue weighted by Gasteiger charge is 2.42. The van der Waals surface area contributed by atoms with Crippen LogP contribution in [0.1, 0.15) is 32.6 Å². The van der Waals surface area contributed by atoms with Crippen LogP contribution in [0.3, 0.4) is 0 Å². The quantitative estimate of drug-likeness (QED) is 0.275. The number of hydrogen-bond acceptors (Lipinski definition) is 8. The van der Waals surface area contributed by atoms with Crippen molar-refractivity contribution >= 4 is 27.5 Å².